The lowest BCUT2D eigenvalue weighted by molar-refractivity contribution is -0.140. The Labute approximate surface area is 243 Å². The van der Waals surface area contributed by atoms with Gasteiger partial charge in [0.2, 0.25) is 21.8 Å². The molecule has 1 N–H and O–H groups in total. The Morgan fingerprint density at radius 1 is 0.902 bits per heavy atom. The molecule has 8 nitrogen and oxygen atoms in total. The average Bonchev–Trinajstić information content (AvgIpc) is 2.98. The number of carbonyl (C=O) groups excluding carboxylic acids is 2. The van der Waals surface area contributed by atoms with Crippen LogP contribution in [-0.2, 0) is 32.6 Å². The van der Waals surface area contributed by atoms with E-state index in [0.29, 0.717) is 17.9 Å². The number of anilines is 1. The third kappa shape index (κ3) is 8.57. The molecular formula is C32H39N3O5S. The molecule has 0 saturated heterocycles. The zero-order chi connectivity index (χ0) is 29.2. The minimum atomic E-state index is -3.79. The van der Waals surface area contributed by atoms with Gasteiger partial charge in [0.25, 0.3) is 0 Å². The molecule has 0 radical (unpaired) electrons. The number of hydrogen-bond donors (Lipinski definition) is 1. The van der Waals surface area contributed by atoms with Crippen LogP contribution in [0.25, 0.3) is 0 Å². The number of methoxy groups -OCH3 is 1. The molecule has 1 unspecified atom stereocenters. The Hall–Kier alpha value is -3.85. The van der Waals surface area contributed by atoms with Crippen LogP contribution in [0.15, 0.2) is 84.9 Å². The molecule has 0 aromatic heterocycles. The molecule has 0 bridgehead atoms. The van der Waals surface area contributed by atoms with E-state index in [1.807, 2.05) is 54.6 Å². The van der Waals surface area contributed by atoms with Crippen molar-refractivity contribution >= 4 is 27.5 Å². The van der Waals surface area contributed by atoms with Crippen molar-refractivity contribution in [1.82, 2.24) is 10.2 Å². The zero-order valence-electron chi connectivity index (χ0n) is 23.7. The topological polar surface area (TPSA) is 96.0 Å². The summed E-state index contributed by atoms with van der Waals surface area (Å²) in [6.07, 6.45) is 6.45. The predicted octanol–water partition coefficient (Wildman–Crippen LogP) is 4.55. The van der Waals surface area contributed by atoms with E-state index < -0.39 is 28.5 Å². The highest BCUT2D eigenvalue weighted by Crippen LogP contribution is 2.23. The number of amides is 2. The van der Waals surface area contributed by atoms with Crippen molar-refractivity contribution in [3.05, 3.63) is 96.1 Å². The maximum atomic E-state index is 14.2. The first-order valence-electron chi connectivity index (χ1n) is 14.0. The van der Waals surface area contributed by atoms with Gasteiger partial charge >= 0.3 is 0 Å². The number of sulfonamides is 1. The summed E-state index contributed by atoms with van der Waals surface area (Å²) in [5.74, 6) is -0.0762. The van der Waals surface area contributed by atoms with E-state index >= 15 is 0 Å². The van der Waals surface area contributed by atoms with Crippen LogP contribution < -0.4 is 14.4 Å². The molecule has 0 aliphatic heterocycles. The molecule has 1 saturated carbocycles. The molecule has 1 fully saturated rings. The molecule has 4 rings (SSSR count). The van der Waals surface area contributed by atoms with Gasteiger partial charge in [-0.05, 0) is 48.2 Å². The van der Waals surface area contributed by atoms with Gasteiger partial charge in [0.1, 0.15) is 18.3 Å². The third-order valence-electron chi connectivity index (χ3n) is 7.43. The second kappa shape index (κ2) is 14.2. The Kier molecular flexibility index (Phi) is 10.4. The number of para-hydroxylation sites is 1. The quantitative estimate of drug-likeness (QED) is 0.341. The van der Waals surface area contributed by atoms with Crippen molar-refractivity contribution < 1.29 is 22.7 Å². The lowest BCUT2D eigenvalue weighted by Gasteiger charge is -2.35. The fourth-order valence-corrected chi connectivity index (χ4v) is 6.12. The second-order valence-corrected chi connectivity index (χ2v) is 12.4. The number of benzene rings is 3. The van der Waals surface area contributed by atoms with Gasteiger partial charge in [-0.1, -0.05) is 79.9 Å². The lowest BCUT2D eigenvalue weighted by atomic mass is 9.94. The van der Waals surface area contributed by atoms with Gasteiger partial charge in [-0.15, -0.1) is 0 Å². The van der Waals surface area contributed by atoms with E-state index in [-0.39, 0.29) is 18.5 Å². The molecule has 1 atom stereocenters. The van der Waals surface area contributed by atoms with Crippen molar-refractivity contribution in [2.24, 2.45) is 0 Å². The first-order chi connectivity index (χ1) is 19.7. The van der Waals surface area contributed by atoms with E-state index in [9.17, 15) is 18.0 Å². The van der Waals surface area contributed by atoms with E-state index in [1.165, 1.54) is 4.90 Å². The number of nitrogens with one attached hydrogen (secondary N) is 1. The van der Waals surface area contributed by atoms with E-state index in [4.69, 9.17) is 4.74 Å². The maximum Gasteiger partial charge on any atom is 0.244 e. The molecule has 1 aliphatic rings. The predicted molar refractivity (Wildman–Crippen MR) is 161 cm³/mol. The fourth-order valence-electron chi connectivity index (χ4n) is 5.27. The highest BCUT2D eigenvalue weighted by molar-refractivity contribution is 7.92. The second-order valence-electron chi connectivity index (χ2n) is 10.5. The summed E-state index contributed by atoms with van der Waals surface area (Å²) in [6, 6.07) is 24.7. The van der Waals surface area contributed by atoms with Crippen LogP contribution >= 0.6 is 0 Å². The molecule has 1 aliphatic carbocycles. The van der Waals surface area contributed by atoms with E-state index in [0.717, 1.165) is 53.8 Å². The normalized spacial score (nSPS) is 14.6. The number of nitrogens with zero attached hydrogens (tertiary/aromatic N) is 2. The summed E-state index contributed by atoms with van der Waals surface area (Å²) in [7, 11) is -2.22. The van der Waals surface area contributed by atoms with Crippen LogP contribution in [0.4, 0.5) is 5.69 Å². The van der Waals surface area contributed by atoms with E-state index in [2.05, 4.69) is 5.32 Å². The van der Waals surface area contributed by atoms with Gasteiger partial charge in [-0.2, -0.15) is 0 Å². The van der Waals surface area contributed by atoms with Crippen molar-refractivity contribution in [3.8, 4) is 5.75 Å². The standard InChI is InChI=1S/C32H39N3O5S/c1-40-29-20-12-15-26(21-29)23-34(31(36)24-35(41(2,38)39)28-18-10-5-11-19-28)30(22-25-13-6-3-7-14-25)32(37)33-27-16-8-4-9-17-27/h3,5-7,10-15,18-21,27,30H,4,8-9,16-17,22-24H2,1-2H3,(H,33,37). The average molecular weight is 578 g/mol. The summed E-state index contributed by atoms with van der Waals surface area (Å²) in [5.41, 5.74) is 2.06. The summed E-state index contributed by atoms with van der Waals surface area (Å²) >= 11 is 0. The largest absolute Gasteiger partial charge is 0.497 e. The monoisotopic (exact) mass is 577 g/mol. The van der Waals surface area contributed by atoms with Crippen LogP contribution in [0.2, 0.25) is 0 Å². The SMILES string of the molecule is COc1cccc(CN(C(=O)CN(c2ccccc2)S(C)(=O)=O)C(Cc2ccccc2)C(=O)NC2CCCCC2)c1. The first kappa shape index (κ1) is 30.1. The van der Waals surface area contributed by atoms with Gasteiger partial charge in [-0.25, -0.2) is 8.42 Å². The molecule has 218 valence electrons. The number of carbonyl (C=O) groups is 2. The van der Waals surface area contributed by atoms with Gasteiger partial charge < -0.3 is 15.0 Å². The van der Waals surface area contributed by atoms with E-state index in [1.54, 1.807) is 37.4 Å². The smallest absolute Gasteiger partial charge is 0.244 e. The highest BCUT2D eigenvalue weighted by atomic mass is 32.2. The Morgan fingerprint density at radius 2 is 1.54 bits per heavy atom. The van der Waals surface area contributed by atoms with Crippen LogP contribution in [0.3, 0.4) is 0 Å². The summed E-state index contributed by atoms with van der Waals surface area (Å²) in [6.45, 7) is -0.327. The first-order valence-corrected chi connectivity index (χ1v) is 15.9. The minimum Gasteiger partial charge on any atom is -0.497 e. The molecule has 0 spiro atoms. The van der Waals surface area contributed by atoms with Crippen molar-refractivity contribution in [3.63, 3.8) is 0 Å². The number of rotatable bonds is 12. The fraction of sp³-hybridized carbons (Fsp3) is 0.375. The Bertz CT molecular complexity index is 1390. The third-order valence-corrected chi connectivity index (χ3v) is 8.57. The van der Waals surface area contributed by atoms with Crippen LogP contribution in [0.5, 0.6) is 5.75 Å². The molecule has 2 amide bonds. The summed E-state index contributed by atoms with van der Waals surface area (Å²) in [5, 5.41) is 3.21. The van der Waals surface area contributed by atoms with Gasteiger partial charge in [0.05, 0.1) is 19.1 Å². The summed E-state index contributed by atoms with van der Waals surface area (Å²) < 4.78 is 32.2. The van der Waals surface area contributed by atoms with Crippen LogP contribution in [0, 0.1) is 0 Å². The summed E-state index contributed by atoms with van der Waals surface area (Å²) in [4.78, 5) is 29.7. The van der Waals surface area contributed by atoms with Crippen LogP contribution in [-0.4, -0.2) is 57.1 Å². The van der Waals surface area contributed by atoms with Gasteiger partial charge in [0.15, 0.2) is 0 Å². The molecule has 3 aromatic carbocycles. The van der Waals surface area contributed by atoms with Crippen molar-refractivity contribution in [1.29, 1.82) is 0 Å². The van der Waals surface area contributed by atoms with Gasteiger partial charge in [-0.3, -0.25) is 13.9 Å². The molecule has 9 heteroatoms. The number of hydrogen-bond acceptors (Lipinski definition) is 5. The Morgan fingerprint density at radius 3 is 2.17 bits per heavy atom. The molecular weight excluding hydrogens is 538 g/mol. The minimum absolute atomic E-state index is 0.0557. The molecule has 0 heterocycles. The maximum absolute atomic E-state index is 14.2. The zero-order valence-corrected chi connectivity index (χ0v) is 24.6. The highest BCUT2D eigenvalue weighted by Gasteiger charge is 2.34. The Balaban J connectivity index is 1.72. The number of ether oxygens (including phenoxy) is 1. The van der Waals surface area contributed by atoms with Crippen LogP contribution in [0.1, 0.15) is 43.2 Å². The lowest BCUT2D eigenvalue weighted by Crippen LogP contribution is -2.55. The van der Waals surface area contributed by atoms with Gasteiger partial charge in [0, 0.05) is 19.0 Å². The van der Waals surface area contributed by atoms with Crippen molar-refractivity contribution in [2.45, 2.75) is 57.2 Å². The molecule has 3 aromatic rings. The molecule has 41 heavy (non-hydrogen) atoms. The van der Waals surface area contributed by atoms with Crippen molar-refractivity contribution in [2.75, 3.05) is 24.2 Å².